The number of aliphatic hydroxyl groups excluding tert-OH is 1. The molecule has 1 aromatic rings. The lowest BCUT2D eigenvalue weighted by atomic mass is 9.79. The summed E-state index contributed by atoms with van der Waals surface area (Å²) in [5.41, 5.74) is -0.339. The number of imide groups is 1. The minimum Gasteiger partial charge on any atom is -0.442 e. The summed E-state index contributed by atoms with van der Waals surface area (Å²) < 4.78 is 18.0. The van der Waals surface area contributed by atoms with Crippen molar-refractivity contribution in [2.24, 2.45) is 35.0 Å². The lowest BCUT2D eigenvalue weighted by molar-refractivity contribution is -0.205. The molecular weight excluding hydrogens is 939 g/mol. The zero-order valence-electron chi connectivity index (χ0n) is 45.7. The van der Waals surface area contributed by atoms with Crippen LogP contribution in [0.2, 0.25) is 0 Å². The fraction of sp³-hybridized carbons (Fsp3) is 0.709. The normalized spacial score (nSPS) is 23.5. The second-order valence-corrected chi connectivity index (χ2v) is 21.6. The maximum Gasteiger partial charge on any atom is 0.410 e. The second-order valence-electron chi connectivity index (χ2n) is 21.6. The third-order valence-corrected chi connectivity index (χ3v) is 15.5. The quantitative estimate of drug-likeness (QED) is 0.0827. The van der Waals surface area contributed by atoms with E-state index >= 15 is 0 Å². The molecule has 2 fully saturated rings. The van der Waals surface area contributed by atoms with Crippen molar-refractivity contribution >= 4 is 47.4 Å². The maximum atomic E-state index is 14.7. The highest BCUT2D eigenvalue weighted by Gasteiger charge is 2.45. The molecule has 2 heterocycles. The van der Waals surface area contributed by atoms with Crippen LogP contribution in [0.3, 0.4) is 0 Å². The molecule has 2 saturated heterocycles. The molecule has 0 aromatic heterocycles. The average molecular weight is 1020 g/mol. The van der Waals surface area contributed by atoms with Crippen molar-refractivity contribution in [3.05, 3.63) is 48.0 Å². The van der Waals surface area contributed by atoms with Crippen molar-refractivity contribution in [2.45, 2.75) is 182 Å². The number of nitrogens with one attached hydrogen (secondary N) is 1. The van der Waals surface area contributed by atoms with Crippen molar-refractivity contribution < 1.29 is 62.5 Å². The van der Waals surface area contributed by atoms with E-state index in [1.54, 1.807) is 56.9 Å². The van der Waals surface area contributed by atoms with Crippen LogP contribution in [0.1, 0.15) is 145 Å². The summed E-state index contributed by atoms with van der Waals surface area (Å²) in [6.07, 6.45) is 3.13. The molecule has 408 valence electrons. The van der Waals surface area contributed by atoms with Gasteiger partial charge in [0.05, 0.1) is 42.2 Å². The number of ether oxygens (including phenoxy) is 3. The van der Waals surface area contributed by atoms with Crippen molar-refractivity contribution in [3.8, 4) is 0 Å². The number of methoxy groups -OCH3 is 2. The van der Waals surface area contributed by atoms with Crippen LogP contribution in [0, 0.1) is 35.0 Å². The monoisotopic (exact) mass is 1020 g/mol. The Balaban J connectivity index is 1.43. The molecule has 1 aliphatic carbocycles. The molecule has 1 aromatic carbocycles. The minimum atomic E-state index is -1.08. The number of Topliss-reactive ketones (excluding diaryl/α,β-unsaturated/α-hetero) is 1. The zero-order chi connectivity index (χ0) is 54.5. The zero-order valence-corrected chi connectivity index (χ0v) is 45.7. The fourth-order valence-corrected chi connectivity index (χ4v) is 10.6. The molecule has 0 bridgehead atoms. The van der Waals surface area contributed by atoms with Crippen molar-refractivity contribution in [2.75, 3.05) is 34.9 Å². The molecule has 4 rings (SSSR count). The summed E-state index contributed by atoms with van der Waals surface area (Å²) in [4.78, 5) is 118. The van der Waals surface area contributed by atoms with Gasteiger partial charge in [-0.2, -0.15) is 0 Å². The molecule has 3 aliphatic rings. The first-order valence-corrected chi connectivity index (χ1v) is 26.3. The molecule has 2 N–H and O–H groups in total. The Kier molecular flexibility index (Phi) is 22.6. The van der Waals surface area contributed by atoms with Crippen LogP contribution in [-0.4, -0.2) is 150 Å². The number of hydroxylamine groups is 2. The molecule has 18 heteroatoms. The first-order chi connectivity index (χ1) is 34.4. The van der Waals surface area contributed by atoms with Crippen LogP contribution < -0.4 is 5.32 Å². The molecular formula is C55H85N5O13. The Hall–Kier alpha value is -5.20. The molecule has 18 nitrogen and oxygen atoms in total. The van der Waals surface area contributed by atoms with Gasteiger partial charge >= 0.3 is 12.1 Å². The highest BCUT2D eigenvalue weighted by atomic mass is 16.7. The Morgan fingerprint density at radius 2 is 1.49 bits per heavy atom. The average Bonchev–Trinajstić information content (AvgIpc) is 3.97. The number of nitrogens with zero attached hydrogens (tertiary/aromatic N) is 4. The molecule has 1 unspecified atom stereocenters. The van der Waals surface area contributed by atoms with Crippen LogP contribution in [-0.2, 0) is 52.6 Å². The van der Waals surface area contributed by atoms with E-state index < -0.39 is 101 Å². The predicted molar refractivity (Wildman–Crippen MR) is 273 cm³/mol. The van der Waals surface area contributed by atoms with Crippen LogP contribution in [0.15, 0.2) is 42.5 Å². The van der Waals surface area contributed by atoms with Crippen molar-refractivity contribution in [3.63, 3.8) is 0 Å². The first-order valence-electron chi connectivity index (χ1n) is 26.3. The van der Waals surface area contributed by atoms with Crippen LogP contribution in [0.4, 0.5) is 4.79 Å². The van der Waals surface area contributed by atoms with E-state index in [2.05, 4.69) is 5.32 Å². The number of hydrogen-bond acceptors (Lipinski definition) is 13. The summed E-state index contributed by atoms with van der Waals surface area (Å²) >= 11 is 0. The molecule has 6 amide bonds. The molecule has 73 heavy (non-hydrogen) atoms. The number of allylic oxidation sites excluding steroid dienone is 1. The summed E-state index contributed by atoms with van der Waals surface area (Å²) in [5, 5.41) is 14.5. The van der Waals surface area contributed by atoms with Gasteiger partial charge in [0.15, 0.2) is 0 Å². The van der Waals surface area contributed by atoms with Gasteiger partial charge in [-0.1, -0.05) is 98.2 Å². The van der Waals surface area contributed by atoms with Gasteiger partial charge < -0.3 is 39.3 Å². The standard InChI is InChI=1S/C55H85N5O13/c1-14-35(6)48(42(70-12)32-45(64)59-30-20-24-40(59)50(71-13)37(8)41(61)31-36(7)49(65)38-21-16-15-17-22-38)57(10)52(67)46(33(2)3)56-51(66)47(34(4)5)58(11)54(69)72-39-23-18-19-28-55(9,29-27-39)53(68)73-60-43(62)25-26-44(60)63/h15-18,21-23,33-37,39-40,42,46-50,65H,14,19-20,24-32H2,1-13H3,(H,56,66)/b23-18+/t35-,36-,37-,39?,40-,42+,46-,47-,48-,49+,50+,55+/m0/s1. The Morgan fingerprint density at radius 3 is 2.07 bits per heavy atom. The van der Waals surface area contributed by atoms with Crippen LogP contribution in [0.5, 0.6) is 0 Å². The predicted octanol–water partition coefficient (Wildman–Crippen LogP) is 6.58. The topological polar surface area (TPSA) is 219 Å². The van der Waals surface area contributed by atoms with Gasteiger partial charge in [-0.3, -0.25) is 33.7 Å². The van der Waals surface area contributed by atoms with Gasteiger partial charge in [0.25, 0.3) is 11.8 Å². The Morgan fingerprint density at radius 1 is 0.849 bits per heavy atom. The molecule has 0 saturated carbocycles. The summed E-state index contributed by atoms with van der Waals surface area (Å²) in [6.45, 7) is 17.0. The number of carbonyl (C=O) groups excluding carboxylic acids is 8. The van der Waals surface area contributed by atoms with Gasteiger partial charge in [-0.05, 0) is 80.8 Å². The minimum absolute atomic E-state index is 0.0244. The third-order valence-electron chi connectivity index (χ3n) is 15.5. The van der Waals surface area contributed by atoms with E-state index in [4.69, 9.17) is 19.0 Å². The third kappa shape index (κ3) is 15.2. The highest BCUT2D eigenvalue weighted by Crippen LogP contribution is 2.36. The van der Waals surface area contributed by atoms with Gasteiger partial charge in [-0.15, -0.1) is 5.06 Å². The van der Waals surface area contributed by atoms with Crippen molar-refractivity contribution in [1.29, 1.82) is 0 Å². The fourth-order valence-electron chi connectivity index (χ4n) is 10.6. The number of amides is 6. The van der Waals surface area contributed by atoms with E-state index in [9.17, 15) is 43.5 Å². The van der Waals surface area contributed by atoms with Crippen LogP contribution in [0.25, 0.3) is 0 Å². The smallest absolute Gasteiger partial charge is 0.410 e. The van der Waals surface area contributed by atoms with Gasteiger partial charge in [0.1, 0.15) is 24.0 Å². The molecule has 0 spiro atoms. The number of aliphatic hydroxyl groups is 1. The largest absolute Gasteiger partial charge is 0.442 e. The molecule has 0 radical (unpaired) electrons. The van der Waals surface area contributed by atoms with E-state index in [1.165, 1.54) is 19.1 Å². The van der Waals surface area contributed by atoms with Crippen molar-refractivity contribution in [1.82, 2.24) is 25.1 Å². The maximum absolute atomic E-state index is 14.7. The van der Waals surface area contributed by atoms with E-state index in [1.807, 2.05) is 71.9 Å². The number of rotatable bonds is 24. The van der Waals surface area contributed by atoms with Gasteiger partial charge in [0, 0.05) is 60.0 Å². The number of hydrogen-bond donors (Lipinski definition) is 2. The Labute approximate surface area is 433 Å². The number of likely N-dealkylation sites (tertiary alicyclic amines) is 1. The lowest BCUT2D eigenvalue weighted by Crippen LogP contribution is -2.60. The van der Waals surface area contributed by atoms with Gasteiger partial charge in [0.2, 0.25) is 17.7 Å². The molecule has 12 atom stereocenters. The number of likely N-dealkylation sites (N-methyl/N-ethyl adjacent to an activating group) is 2. The lowest BCUT2D eigenvalue weighted by Gasteiger charge is -2.41. The molecule has 2 aliphatic heterocycles. The summed E-state index contributed by atoms with van der Waals surface area (Å²) in [5.74, 6) is -4.93. The highest BCUT2D eigenvalue weighted by molar-refractivity contribution is 6.01. The SMILES string of the molecule is CC[C@H](C)[C@@H]([C@@H](CC(=O)N1CCC[C@H]1[C@H](OC)[C@@H](C)C(=O)C[C@H](C)[C@@H](O)c1ccccc1)OC)N(C)C(=O)[C@@H](NC(=O)[C@H](C(C)C)N(C)C(=O)OC1/C=C/CC[C@@](C)(C(=O)ON2C(=O)CCC2=O)CC1)C(C)C. The van der Waals surface area contributed by atoms with E-state index in [-0.39, 0.29) is 68.1 Å². The summed E-state index contributed by atoms with van der Waals surface area (Å²) in [7, 11) is 6.18. The van der Waals surface area contributed by atoms with Crippen LogP contribution >= 0.6 is 0 Å². The first kappa shape index (κ1) is 60.4. The van der Waals surface area contributed by atoms with E-state index in [0.717, 1.165) is 12.0 Å². The second kappa shape index (κ2) is 27.4. The van der Waals surface area contributed by atoms with E-state index in [0.29, 0.717) is 37.3 Å². The number of benzene rings is 1. The Bertz CT molecular complexity index is 2080. The number of carbonyl (C=O) groups is 8. The van der Waals surface area contributed by atoms with Gasteiger partial charge in [-0.25, -0.2) is 9.59 Å². The summed E-state index contributed by atoms with van der Waals surface area (Å²) in [6, 6.07) is 6.19. The number of ketones is 1.